The number of carbonyl (C=O) groups excluding carboxylic acids is 4. The summed E-state index contributed by atoms with van der Waals surface area (Å²) in [5, 5.41) is 1.78. The van der Waals surface area contributed by atoms with Crippen molar-refractivity contribution >= 4 is 62.8 Å². The molecule has 2 unspecified atom stereocenters. The second-order valence-electron chi connectivity index (χ2n) is 10.3. The van der Waals surface area contributed by atoms with Gasteiger partial charge in [-0.2, -0.15) is 0 Å². The molecule has 2 aliphatic rings. The van der Waals surface area contributed by atoms with Gasteiger partial charge in [-0.3, -0.25) is 24.1 Å². The zero-order valence-electron chi connectivity index (χ0n) is 23.2. The van der Waals surface area contributed by atoms with Gasteiger partial charge in [-0.05, 0) is 40.8 Å². The molecule has 2 fully saturated rings. The molecule has 218 valence electrons. The lowest BCUT2D eigenvalue weighted by atomic mass is 9.87. The summed E-state index contributed by atoms with van der Waals surface area (Å²) in [6, 6.07) is 30.9. The predicted octanol–water partition coefficient (Wildman–Crippen LogP) is 6.02. The highest BCUT2D eigenvalue weighted by Gasteiger charge is 2.62. The van der Waals surface area contributed by atoms with Crippen LogP contribution in [0.3, 0.4) is 0 Å². The number of rotatable bonds is 8. The molecule has 43 heavy (non-hydrogen) atoms. The maximum Gasteiger partial charge on any atom is 0.324 e. The van der Waals surface area contributed by atoms with Gasteiger partial charge in [0.2, 0.25) is 16.9 Å². The largest absolute Gasteiger partial charge is 0.452 e. The van der Waals surface area contributed by atoms with E-state index in [-0.39, 0.29) is 34.6 Å². The molecule has 0 aliphatic carbocycles. The number of benzene rings is 3. The number of thiophene rings is 1. The van der Waals surface area contributed by atoms with E-state index in [0.717, 1.165) is 22.9 Å². The Kier molecular flexibility index (Phi) is 8.43. The Morgan fingerprint density at radius 1 is 0.907 bits per heavy atom. The Balaban J connectivity index is 1.32. The third kappa shape index (κ3) is 5.62. The van der Waals surface area contributed by atoms with Crippen molar-refractivity contribution in [2.24, 2.45) is 5.41 Å². The quantitative estimate of drug-likeness (QED) is 0.102. The van der Waals surface area contributed by atoms with Crippen LogP contribution in [-0.4, -0.2) is 51.5 Å². The van der Waals surface area contributed by atoms with E-state index in [4.69, 9.17) is 4.74 Å². The fourth-order valence-electron chi connectivity index (χ4n) is 5.38. The number of nitrogens with zero attached hydrogens (tertiary/aromatic N) is 2. The van der Waals surface area contributed by atoms with Crippen molar-refractivity contribution in [1.29, 1.82) is 0 Å². The lowest BCUT2D eigenvalue weighted by molar-refractivity contribution is -0.166. The zero-order chi connectivity index (χ0) is 30.0. The van der Waals surface area contributed by atoms with Crippen LogP contribution in [0, 0.1) is 5.41 Å². The molecule has 0 radical (unpaired) electrons. The summed E-state index contributed by atoms with van der Waals surface area (Å²) < 4.78 is 6.25. The molecule has 10 heteroatoms. The highest BCUT2D eigenvalue weighted by molar-refractivity contribution is 8.14. The van der Waals surface area contributed by atoms with E-state index >= 15 is 0 Å². The first-order valence-electron chi connectivity index (χ1n) is 13.7. The third-order valence-electron chi connectivity index (χ3n) is 7.58. The van der Waals surface area contributed by atoms with Crippen LogP contribution in [0.15, 0.2) is 113 Å². The van der Waals surface area contributed by atoms with E-state index in [2.05, 4.69) is 0 Å². The Bertz CT molecular complexity index is 1580. The second-order valence-corrected chi connectivity index (χ2v) is 13.4. The number of ether oxygens (including phenoxy) is 1. The van der Waals surface area contributed by atoms with E-state index in [0.29, 0.717) is 9.90 Å². The molecule has 2 aliphatic heterocycles. The topological polar surface area (TPSA) is 84.0 Å². The number of thioether (sulfide) groups is 2. The molecule has 3 heterocycles. The molecular weight excluding hydrogens is 601 g/mol. The number of amides is 2. The first-order chi connectivity index (χ1) is 20.9. The van der Waals surface area contributed by atoms with Crippen LogP contribution < -0.4 is 4.90 Å². The number of carbonyl (C=O) groups is 4. The zero-order valence-corrected chi connectivity index (χ0v) is 25.6. The number of hydrogen-bond donors (Lipinski definition) is 0. The molecule has 3 atom stereocenters. The number of hydrogen-bond acceptors (Lipinski definition) is 8. The average molecular weight is 629 g/mol. The summed E-state index contributed by atoms with van der Waals surface area (Å²) in [7, 11) is 0. The second kappa shape index (κ2) is 12.4. The first kappa shape index (κ1) is 29.2. The summed E-state index contributed by atoms with van der Waals surface area (Å²) in [5.74, 6) is -1.09. The summed E-state index contributed by atoms with van der Waals surface area (Å²) in [6.07, 6.45) is -0.740. The molecule has 7 nitrogen and oxygen atoms in total. The monoisotopic (exact) mass is 628 g/mol. The van der Waals surface area contributed by atoms with Gasteiger partial charge in [0.1, 0.15) is 11.4 Å². The van der Waals surface area contributed by atoms with Crippen LogP contribution in [0.1, 0.15) is 24.2 Å². The maximum atomic E-state index is 14.3. The van der Waals surface area contributed by atoms with Gasteiger partial charge < -0.3 is 9.64 Å². The van der Waals surface area contributed by atoms with Gasteiger partial charge >= 0.3 is 5.97 Å². The molecule has 0 N–H and O–H groups in total. The molecule has 0 bridgehead atoms. The number of β-lactam (4-membered cyclic amide) rings is 1. The fraction of sp³-hybridized carbons (Fsp3) is 0.212. The van der Waals surface area contributed by atoms with Crippen LogP contribution in [-0.2, 0) is 23.9 Å². The SMILES string of the molecule is CC(=O)N(c1cccs1)C1C(=O)N2CC(C(=O)OC(c3ccccc3)c3ccccc3)(C(=O)Sc3ccccc3)CS[C@H]12. The number of fused-ring (bicyclic) bond motifs is 1. The molecule has 3 aromatic carbocycles. The molecule has 4 aromatic rings. The summed E-state index contributed by atoms with van der Waals surface area (Å²) in [6.45, 7) is 1.32. The Morgan fingerprint density at radius 2 is 1.51 bits per heavy atom. The van der Waals surface area contributed by atoms with Gasteiger partial charge in [0.15, 0.2) is 11.5 Å². The van der Waals surface area contributed by atoms with E-state index in [1.54, 1.807) is 4.90 Å². The van der Waals surface area contributed by atoms with Crippen LogP contribution >= 0.6 is 34.9 Å². The van der Waals surface area contributed by atoms with Gasteiger partial charge in [0.25, 0.3) is 0 Å². The van der Waals surface area contributed by atoms with Crippen molar-refractivity contribution in [2.45, 2.75) is 29.3 Å². The van der Waals surface area contributed by atoms with E-state index in [1.165, 1.54) is 34.9 Å². The van der Waals surface area contributed by atoms with Crippen molar-refractivity contribution in [3.63, 3.8) is 0 Å². The smallest absolute Gasteiger partial charge is 0.324 e. The van der Waals surface area contributed by atoms with Gasteiger partial charge in [-0.15, -0.1) is 23.1 Å². The number of esters is 1. The van der Waals surface area contributed by atoms with Gasteiger partial charge in [-0.1, -0.05) is 90.6 Å². The fourth-order valence-corrected chi connectivity index (χ4v) is 8.78. The average Bonchev–Trinajstić information content (AvgIpc) is 3.57. The van der Waals surface area contributed by atoms with Gasteiger partial charge in [0.05, 0.1) is 5.00 Å². The molecule has 2 saturated heterocycles. The highest BCUT2D eigenvalue weighted by Crippen LogP contribution is 2.48. The van der Waals surface area contributed by atoms with Crippen molar-refractivity contribution < 1.29 is 23.9 Å². The molecular formula is C33H28N2O5S3. The predicted molar refractivity (Wildman–Crippen MR) is 170 cm³/mol. The lowest BCUT2D eigenvalue weighted by Crippen LogP contribution is -2.75. The van der Waals surface area contributed by atoms with E-state index in [1.807, 2.05) is 109 Å². The van der Waals surface area contributed by atoms with Gasteiger partial charge in [0, 0.05) is 24.1 Å². The Labute approximate surface area is 262 Å². The standard InChI is InChI=1S/C33H28N2O5S3/c1-22(36)35(26-18-11-19-41-26)27-29(37)34-20-33(21-42-30(27)34,32(39)43-25-16-9-4-10-17-25)31(38)40-28(23-12-5-2-6-13-23)24-14-7-3-8-15-24/h2-19,27-28,30H,20-21H2,1H3/t27?,30-,33?/m1/s1. The summed E-state index contributed by atoms with van der Waals surface area (Å²) >= 11 is 3.71. The normalized spacial score (nSPS) is 21.1. The van der Waals surface area contributed by atoms with E-state index in [9.17, 15) is 19.2 Å². The molecule has 2 amide bonds. The number of anilines is 1. The van der Waals surface area contributed by atoms with Crippen molar-refractivity contribution in [3.8, 4) is 0 Å². The minimum Gasteiger partial charge on any atom is -0.452 e. The van der Waals surface area contributed by atoms with Crippen LogP contribution in [0.5, 0.6) is 0 Å². The molecule has 0 spiro atoms. The summed E-state index contributed by atoms with van der Waals surface area (Å²) in [4.78, 5) is 58.5. The van der Waals surface area contributed by atoms with Crippen molar-refractivity contribution in [3.05, 3.63) is 120 Å². The Morgan fingerprint density at radius 3 is 2.07 bits per heavy atom. The maximum absolute atomic E-state index is 14.3. The third-order valence-corrected chi connectivity index (χ3v) is 11.0. The van der Waals surface area contributed by atoms with Crippen molar-refractivity contribution in [2.75, 3.05) is 17.2 Å². The molecule has 0 saturated carbocycles. The lowest BCUT2D eigenvalue weighted by Gasteiger charge is -2.55. The molecule has 1 aromatic heterocycles. The van der Waals surface area contributed by atoms with Gasteiger partial charge in [-0.25, -0.2) is 0 Å². The van der Waals surface area contributed by atoms with Crippen LogP contribution in [0.4, 0.5) is 5.00 Å². The first-order valence-corrected chi connectivity index (χ1v) is 16.5. The minimum atomic E-state index is -1.62. The highest BCUT2D eigenvalue weighted by atomic mass is 32.2. The Hall–Kier alpha value is -3.86. The molecule has 6 rings (SSSR count). The van der Waals surface area contributed by atoms with Crippen molar-refractivity contribution in [1.82, 2.24) is 4.90 Å². The van der Waals surface area contributed by atoms with Crippen LogP contribution in [0.2, 0.25) is 0 Å². The van der Waals surface area contributed by atoms with Crippen LogP contribution in [0.25, 0.3) is 0 Å². The minimum absolute atomic E-state index is 0.113. The van der Waals surface area contributed by atoms with E-state index < -0.39 is 23.5 Å². The summed E-state index contributed by atoms with van der Waals surface area (Å²) in [5.41, 5.74) is -0.0710.